The molecule has 1 aliphatic carbocycles. The summed E-state index contributed by atoms with van der Waals surface area (Å²) in [7, 11) is 4.34. The molecule has 47 heavy (non-hydrogen) atoms. The highest BCUT2D eigenvalue weighted by molar-refractivity contribution is 6.30. The van der Waals surface area contributed by atoms with E-state index in [0.29, 0.717) is 5.78 Å². The van der Waals surface area contributed by atoms with Crippen LogP contribution in [-0.2, 0) is 25.7 Å². The number of nitrogens with zero attached hydrogens (tertiary/aromatic N) is 3. The normalized spacial score (nSPS) is 17.3. The maximum absolute atomic E-state index is 13.0. The maximum Gasteiger partial charge on any atom is 0.166 e. The fourth-order valence-electron chi connectivity index (χ4n) is 7.37. The number of ketones is 1. The standard InChI is InChI=1S/C21H24ClNO.C21H24N2/c1-23-13-11-18(12-14-23)21(24)20-8-3-2-6-17(20)10-9-16-5-4-7-19(22)15-16;1-15-5-8-19-18(14-15)7-6-17-4-3-11-22-21(17)20(19)16-9-12-23(2)13-10-16/h2-8,15,18H,9-14H2,1H3;3-5,8,11,14H,6-7,9-10,12-13H2,1-2H3. The van der Waals surface area contributed by atoms with Gasteiger partial charge in [0.1, 0.15) is 0 Å². The Bertz CT molecular complexity index is 1730. The number of halogens is 1. The number of likely N-dealkylation sites (tertiary alicyclic amines) is 2. The fourth-order valence-corrected chi connectivity index (χ4v) is 7.59. The van der Waals surface area contributed by atoms with E-state index in [-0.39, 0.29) is 5.92 Å². The molecule has 3 heterocycles. The van der Waals surface area contributed by atoms with Crippen molar-refractivity contribution in [3.8, 4) is 0 Å². The summed E-state index contributed by atoms with van der Waals surface area (Å²) in [5, 5.41) is 0.767. The van der Waals surface area contributed by atoms with E-state index in [0.717, 1.165) is 93.7 Å². The van der Waals surface area contributed by atoms with Crippen molar-refractivity contribution in [3.63, 3.8) is 0 Å². The molecule has 2 fully saturated rings. The molecule has 0 saturated carbocycles. The van der Waals surface area contributed by atoms with Crippen molar-refractivity contribution < 1.29 is 4.79 Å². The second-order valence-electron chi connectivity index (χ2n) is 13.7. The number of fused-ring (bicyclic) bond motifs is 2. The molecule has 5 heteroatoms. The monoisotopic (exact) mass is 645 g/mol. The molecule has 2 saturated heterocycles. The summed E-state index contributed by atoms with van der Waals surface area (Å²) in [5.74, 6) is 0.498. The molecule has 3 aliphatic rings. The van der Waals surface area contributed by atoms with Gasteiger partial charge < -0.3 is 9.80 Å². The molecular formula is C42H48ClN3O. The van der Waals surface area contributed by atoms with Gasteiger partial charge in [0, 0.05) is 41.4 Å². The maximum atomic E-state index is 13.0. The van der Waals surface area contributed by atoms with Crippen LogP contribution in [0.25, 0.3) is 5.57 Å². The van der Waals surface area contributed by atoms with Gasteiger partial charge in [-0.05, 0) is 131 Å². The zero-order chi connectivity index (χ0) is 32.8. The average Bonchev–Trinajstić information content (AvgIpc) is 3.25. The molecule has 0 atom stereocenters. The lowest BCUT2D eigenvalue weighted by Gasteiger charge is -2.28. The average molecular weight is 646 g/mol. The first-order valence-corrected chi connectivity index (χ1v) is 17.7. The number of hydrogen-bond acceptors (Lipinski definition) is 4. The molecule has 1 aromatic heterocycles. The Morgan fingerprint density at radius 3 is 2.32 bits per heavy atom. The molecule has 244 valence electrons. The van der Waals surface area contributed by atoms with Gasteiger partial charge in [-0.15, -0.1) is 0 Å². The van der Waals surface area contributed by atoms with Gasteiger partial charge >= 0.3 is 0 Å². The smallest absolute Gasteiger partial charge is 0.166 e. The molecule has 4 nitrogen and oxygen atoms in total. The Kier molecular flexibility index (Phi) is 11.0. The molecule has 4 aromatic rings. The van der Waals surface area contributed by atoms with Crippen molar-refractivity contribution in [2.45, 2.75) is 58.3 Å². The van der Waals surface area contributed by atoms with Crippen LogP contribution in [-0.4, -0.2) is 60.8 Å². The van der Waals surface area contributed by atoms with Gasteiger partial charge in [-0.3, -0.25) is 9.78 Å². The number of piperidine rings is 2. The molecule has 0 radical (unpaired) electrons. The summed E-state index contributed by atoms with van der Waals surface area (Å²) >= 11 is 6.06. The minimum atomic E-state index is 0.175. The van der Waals surface area contributed by atoms with Gasteiger partial charge in [0.25, 0.3) is 0 Å². The number of carbonyl (C=O) groups is 1. The van der Waals surface area contributed by atoms with E-state index in [1.54, 1.807) is 5.57 Å². The van der Waals surface area contributed by atoms with Crippen LogP contribution in [0.4, 0.5) is 0 Å². The van der Waals surface area contributed by atoms with Crippen molar-refractivity contribution in [1.29, 1.82) is 0 Å². The second kappa shape index (κ2) is 15.6. The highest BCUT2D eigenvalue weighted by Gasteiger charge is 2.26. The van der Waals surface area contributed by atoms with Crippen LogP contribution >= 0.6 is 11.6 Å². The van der Waals surface area contributed by atoms with E-state index >= 15 is 0 Å². The Hall–Kier alpha value is -3.57. The van der Waals surface area contributed by atoms with E-state index in [9.17, 15) is 4.79 Å². The Balaban J connectivity index is 0.000000164. The number of aryl methyl sites for hydroxylation is 5. The van der Waals surface area contributed by atoms with E-state index < -0.39 is 0 Å². The van der Waals surface area contributed by atoms with Crippen molar-refractivity contribution in [3.05, 3.63) is 140 Å². The fraction of sp³-hybridized carbons (Fsp3) is 0.381. The van der Waals surface area contributed by atoms with Gasteiger partial charge in [0.15, 0.2) is 5.78 Å². The van der Waals surface area contributed by atoms with E-state index in [1.807, 2.05) is 42.6 Å². The summed E-state index contributed by atoms with van der Waals surface area (Å²) < 4.78 is 0. The molecule has 0 amide bonds. The molecule has 0 spiro atoms. The molecule has 0 unspecified atom stereocenters. The third-order valence-electron chi connectivity index (χ3n) is 10.2. The van der Waals surface area contributed by atoms with Gasteiger partial charge in [-0.2, -0.15) is 0 Å². The lowest BCUT2D eigenvalue weighted by atomic mass is 9.86. The minimum Gasteiger partial charge on any atom is -0.306 e. The van der Waals surface area contributed by atoms with Crippen LogP contribution in [0.3, 0.4) is 0 Å². The first-order valence-electron chi connectivity index (χ1n) is 17.4. The summed E-state index contributed by atoms with van der Waals surface area (Å²) in [6.07, 6.45) is 10.2. The van der Waals surface area contributed by atoms with Gasteiger partial charge in [-0.25, -0.2) is 0 Å². The number of aromatic nitrogens is 1. The summed E-state index contributed by atoms with van der Waals surface area (Å²) in [5.41, 5.74) is 13.2. The van der Waals surface area contributed by atoms with Gasteiger partial charge in [0.05, 0.1) is 5.69 Å². The number of hydrogen-bond donors (Lipinski definition) is 0. The highest BCUT2D eigenvalue weighted by atomic mass is 35.5. The Labute approximate surface area is 286 Å². The van der Waals surface area contributed by atoms with Gasteiger partial charge in [-0.1, -0.05) is 83.4 Å². The number of Topliss-reactive ketones (excluding diaryl/α,β-unsaturated/α-hetero) is 1. The van der Waals surface area contributed by atoms with Crippen molar-refractivity contribution in [2.24, 2.45) is 5.92 Å². The molecule has 2 aliphatic heterocycles. The van der Waals surface area contributed by atoms with E-state index in [1.165, 1.54) is 39.1 Å². The summed E-state index contributed by atoms with van der Waals surface area (Å²) in [6.45, 7) is 6.53. The van der Waals surface area contributed by atoms with Crippen LogP contribution in [0.1, 0.15) is 75.1 Å². The number of carbonyl (C=O) groups excluding carboxylic acids is 1. The molecule has 7 rings (SSSR count). The topological polar surface area (TPSA) is 36.4 Å². The third-order valence-corrected chi connectivity index (χ3v) is 10.4. The van der Waals surface area contributed by atoms with Crippen molar-refractivity contribution >= 4 is 23.0 Å². The lowest BCUT2D eigenvalue weighted by Crippen LogP contribution is -2.33. The molecular weight excluding hydrogens is 598 g/mol. The molecule has 0 N–H and O–H groups in total. The predicted molar refractivity (Wildman–Crippen MR) is 195 cm³/mol. The highest BCUT2D eigenvalue weighted by Crippen LogP contribution is 2.37. The summed E-state index contributed by atoms with van der Waals surface area (Å²) in [6, 6.07) is 27.3. The Morgan fingerprint density at radius 2 is 1.53 bits per heavy atom. The lowest BCUT2D eigenvalue weighted by molar-refractivity contribution is 0.0856. The van der Waals surface area contributed by atoms with E-state index in [4.69, 9.17) is 16.6 Å². The summed E-state index contributed by atoms with van der Waals surface area (Å²) in [4.78, 5) is 22.5. The second-order valence-corrected chi connectivity index (χ2v) is 14.1. The van der Waals surface area contributed by atoms with Crippen LogP contribution < -0.4 is 0 Å². The predicted octanol–water partition coefficient (Wildman–Crippen LogP) is 8.67. The minimum absolute atomic E-state index is 0.175. The van der Waals surface area contributed by atoms with Crippen LogP contribution in [0.15, 0.2) is 90.6 Å². The largest absolute Gasteiger partial charge is 0.306 e. The SMILES string of the molecule is CN1CCC(C(=O)c2ccccc2CCc2cccc(Cl)c2)CC1.Cc1ccc2c(c1)CCc1cccnc1C2=C1CCN(C)CC1. The quantitative estimate of drug-likeness (QED) is 0.204. The number of pyridine rings is 1. The van der Waals surface area contributed by atoms with E-state index in [2.05, 4.69) is 73.3 Å². The number of benzene rings is 3. The third kappa shape index (κ3) is 8.30. The van der Waals surface area contributed by atoms with Crippen LogP contribution in [0.2, 0.25) is 5.02 Å². The van der Waals surface area contributed by atoms with Crippen molar-refractivity contribution in [2.75, 3.05) is 40.3 Å². The Morgan fingerprint density at radius 1 is 0.787 bits per heavy atom. The van der Waals surface area contributed by atoms with Crippen molar-refractivity contribution in [1.82, 2.24) is 14.8 Å². The van der Waals surface area contributed by atoms with Gasteiger partial charge in [0.2, 0.25) is 0 Å². The van der Waals surface area contributed by atoms with Crippen LogP contribution in [0.5, 0.6) is 0 Å². The zero-order valence-corrected chi connectivity index (χ0v) is 29.0. The molecule has 3 aromatic carbocycles. The number of rotatable bonds is 5. The first kappa shape index (κ1) is 33.3. The first-order chi connectivity index (χ1) is 22.9. The van der Waals surface area contributed by atoms with Crippen LogP contribution in [0, 0.1) is 12.8 Å². The zero-order valence-electron chi connectivity index (χ0n) is 28.3. The molecule has 0 bridgehead atoms.